The van der Waals surface area contributed by atoms with Crippen molar-refractivity contribution in [1.82, 2.24) is 0 Å². The summed E-state index contributed by atoms with van der Waals surface area (Å²) in [7, 11) is 0. The monoisotopic (exact) mass is 84.1 g/mol. The highest BCUT2D eigenvalue weighted by Crippen LogP contribution is 2.26. The van der Waals surface area contributed by atoms with Crippen LogP contribution in [0.2, 0.25) is 0 Å². The quantitative estimate of drug-likeness (QED) is 0.502. The zero-order chi connectivity index (χ0) is 4.41. The maximum atomic E-state index is 5.21. The second kappa shape index (κ2) is 1.61. The van der Waals surface area contributed by atoms with Gasteiger partial charge in [-0.1, -0.05) is 6.42 Å². The second-order valence-electron chi connectivity index (χ2n) is 1.88. The second-order valence-corrected chi connectivity index (χ2v) is 1.88. The first-order chi connectivity index (χ1) is 2.93. The van der Waals surface area contributed by atoms with Crippen molar-refractivity contribution in [2.24, 2.45) is 11.7 Å². The Morgan fingerprint density at radius 2 is 2.17 bits per heavy atom. The predicted octanol–water partition coefficient (Wildman–Crippen LogP) is 0.907. The molecule has 2 N–H and O–H groups in total. The van der Waals surface area contributed by atoms with Gasteiger partial charge in [-0.05, 0) is 18.8 Å². The lowest BCUT2D eigenvalue weighted by atomic mass is 9.86. The molecule has 0 aromatic heterocycles. The van der Waals surface area contributed by atoms with Crippen LogP contribution >= 0.6 is 0 Å². The van der Waals surface area contributed by atoms with Crippen LogP contribution in [0.1, 0.15) is 19.3 Å². The summed E-state index contributed by atoms with van der Waals surface area (Å²) < 4.78 is 0. The molecule has 0 unspecified atom stereocenters. The fraction of sp³-hybridized carbons (Fsp3) is 0.800. The summed E-state index contributed by atoms with van der Waals surface area (Å²) in [5.41, 5.74) is 5.21. The molecule has 0 atom stereocenters. The summed E-state index contributed by atoms with van der Waals surface area (Å²) >= 11 is 0. The topological polar surface area (TPSA) is 26.0 Å². The molecule has 0 amide bonds. The molecule has 1 aliphatic carbocycles. The highest BCUT2D eigenvalue weighted by atomic mass is 14.6. The highest BCUT2D eigenvalue weighted by molar-refractivity contribution is 4.77. The first-order valence-electron chi connectivity index (χ1n) is 2.48. The molecule has 1 nitrogen and oxygen atoms in total. The Hall–Kier alpha value is -0.0400. The summed E-state index contributed by atoms with van der Waals surface area (Å²) in [6.45, 7) is 1.81. The molecule has 0 bridgehead atoms. The molecule has 1 heteroatoms. The minimum absolute atomic E-state index is 0.769. The Labute approximate surface area is 38.5 Å². The largest absolute Gasteiger partial charge is 0.326 e. The first kappa shape index (κ1) is 4.13. The van der Waals surface area contributed by atoms with Crippen LogP contribution in [0.5, 0.6) is 0 Å². The van der Waals surface area contributed by atoms with E-state index in [0.29, 0.717) is 0 Å². The van der Waals surface area contributed by atoms with E-state index in [2.05, 4.69) is 0 Å². The fourth-order valence-electron chi connectivity index (χ4n) is 0.632. The average Bonchev–Trinajstić information content (AvgIpc) is 1.31. The summed E-state index contributed by atoms with van der Waals surface area (Å²) in [5.74, 6) is 0.769. The van der Waals surface area contributed by atoms with Crippen LogP contribution in [0.4, 0.5) is 0 Å². The Morgan fingerprint density at radius 3 is 2.17 bits per heavy atom. The standard InChI is InChI=1S/C5H10N/c6-4-5-2-1-3-5/h4-5H,1-3,6H2. The van der Waals surface area contributed by atoms with Crippen LogP contribution in [-0.2, 0) is 0 Å². The molecular formula is C5H10N. The van der Waals surface area contributed by atoms with Gasteiger partial charge in [0.1, 0.15) is 0 Å². The maximum Gasteiger partial charge on any atom is 0.0223 e. The SMILES string of the molecule is N[CH]C1CCC1. The van der Waals surface area contributed by atoms with Gasteiger partial charge in [0.15, 0.2) is 0 Å². The zero-order valence-electron chi connectivity index (χ0n) is 3.85. The summed E-state index contributed by atoms with van der Waals surface area (Å²) in [4.78, 5) is 0. The number of hydrogen-bond donors (Lipinski definition) is 1. The first-order valence-corrected chi connectivity index (χ1v) is 2.48. The van der Waals surface area contributed by atoms with Gasteiger partial charge in [-0.15, -0.1) is 0 Å². The maximum absolute atomic E-state index is 5.21. The van der Waals surface area contributed by atoms with Crippen molar-refractivity contribution < 1.29 is 0 Å². The van der Waals surface area contributed by atoms with Crippen molar-refractivity contribution in [3.05, 3.63) is 6.54 Å². The predicted molar refractivity (Wildman–Crippen MR) is 25.8 cm³/mol. The van der Waals surface area contributed by atoms with E-state index in [1.54, 1.807) is 0 Å². The molecule has 35 valence electrons. The Bertz CT molecular complexity index is 36.4. The minimum atomic E-state index is 0.769. The third-order valence-corrected chi connectivity index (χ3v) is 1.42. The third-order valence-electron chi connectivity index (χ3n) is 1.42. The molecule has 6 heavy (non-hydrogen) atoms. The van der Waals surface area contributed by atoms with Crippen LogP contribution in [-0.4, -0.2) is 0 Å². The van der Waals surface area contributed by atoms with Gasteiger partial charge in [0, 0.05) is 6.54 Å². The van der Waals surface area contributed by atoms with Crippen molar-refractivity contribution in [2.45, 2.75) is 19.3 Å². The van der Waals surface area contributed by atoms with Crippen LogP contribution < -0.4 is 5.73 Å². The van der Waals surface area contributed by atoms with Crippen molar-refractivity contribution in [2.75, 3.05) is 0 Å². The lowest BCUT2D eigenvalue weighted by molar-refractivity contribution is 0.360. The Balaban J connectivity index is 2.01. The Kier molecular flexibility index (Phi) is 1.10. The van der Waals surface area contributed by atoms with E-state index in [4.69, 9.17) is 5.73 Å². The lowest BCUT2D eigenvalue weighted by Crippen LogP contribution is -2.15. The molecule has 0 aromatic carbocycles. The molecular weight excluding hydrogens is 74.1 g/mol. The van der Waals surface area contributed by atoms with Gasteiger partial charge in [-0.25, -0.2) is 0 Å². The molecule has 0 aliphatic heterocycles. The molecule has 0 heterocycles. The van der Waals surface area contributed by atoms with Crippen LogP contribution in [0.25, 0.3) is 0 Å². The summed E-state index contributed by atoms with van der Waals surface area (Å²) in [6, 6.07) is 0. The van der Waals surface area contributed by atoms with Gasteiger partial charge in [0.2, 0.25) is 0 Å². The molecule has 1 radical (unpaired) electrons. The summed E-state index contributed by atoms with van der Waals surface area (Å²) in [6.07, 6.45) is 4.05. The number of nitrogens with two attached hydrogens (primary N) is 1. The van der Waals surface area contributed by atoms with E-state index in [1.807, 2.05) is 6.54 Å². The van der Waals surface area contributed by atoms with Crippen LogP contribution in [0.15, 0.2) is 0 Å². The van der Waals surface area contributed by atoms with Crippen LogP contribution in [0, 0.1) is 12.5 Å². The van der Waals surface area contributed by atoms with Crippen molar-refractivity contribution in [3.8, 4) is 0 Å². The van der Waals surface area contributed by atoms with Crippen molar-refractivity contribution in [3.63, 3.8) is 0 Å². The van der Waals surface area contributed by atoms with Gasteiger partial charge in [0.25, 0.3) is 0 Å². The van der Waals surface area contributed by atoms with Gasteiger partial charge < -0.3 is 5.73 Å². The van der Waals surface area contributed by atoms with Crippen molar-refractivity contribution in [1.29, 1.82) is 0 Å². The van der Waals surface area contributed by atoms with E-state index < -0.39 is 0 Å². The highest BCUT2D eigenvalue weighted by Gasteiger charge is 2.14. The lowest BCUT2D eigenvalue weighted by Gasteiger charge is -2.22. The van der Waals surface area contributed by atoms with E-state index in [-0.39, 0.29) is 0 Å². The fourth-order valence-corrected chi connectivity index (χ4v) is 0.632. The smallest absolute Gasteiger partial charge is 0.0223 e. The Morgan fingerprint density at radius 1 is 1.50 bits per heavy atom. The normalized spacial score (nSPS) is 23.5. The van der Waals surface area contributed by atoms with Gasteiger partial charge in [-0.3, -0.25) is 0 Å². The van der Waals surface area contributed by atoms with Crippen LogP contribution in [0.3, 0.4) is 0 Å². The molecule has 0 saturated heterocycles. The van der Waals surface area contributed by atoms with E-state index in [1.165, 1.54) is 19.3 Å². The molecule has 1 saturated carbocycles. The van der Waals surface area contributed by atoms with Crippen molar-refractivity contribution >= 4 is 0 Å². The molecule has 1 aliphatic rings. The van der Waals surface area contributed by atoms with E-state index in [0.717, 1.165) is 5.92 Å². The molecule has 1 rings (SSSR count). The van der Waals surface area contributed by atoms with Gasteiger partial charge >= 0.3 is 0 Å². The number of hydrogen-bond acceptors (Lipinski definition) is 1. The zero-order valence-corrected chi connectivity index (χ0v) is 3.85. The minimum Gasteiger partial charge on any atom is -0.326 e. The molecule has 0 spiro atoms. The summed E-state index contributed by atoms with van der Waals surface area (Å²) in [5, 5.41) is 0. The third kappa shape index (κ3) is 0.548. The van der Waals surface area contributed by atoms with E-state index in [9.17, 15) is 0 Å². The number of rotatable bonds is 1. The molecule has 0 aromatic rings. The average molecular weight is 84.1 g/mol. The van der Waals surface area contributed by atoms with Gasteiger partial charge in [0.05, 0.1) is 0 Å². The molecule has 1 fully saturated rings. The van der Waals surface area contributed by atoms with Gasteiger partial charge in [-0.2, -0.15) is 0 Å². The van der Waals surface area contributed by atoms with E-state index >= 15 is 0 Å².